The molecule has 1 saturated heterocycles. The van der Waals surface area contributed by atoms with Crippen LogP contribution in [0.2, 0.25) is 0 Å². The first-order valence-electron chi connectivity index (χ1n) is 7.05. The summed E-state index contributed by atoms with van der Waals surface area (Å²) in [5, 5.41) is 6.19. The molecular formula is C13H25N3O2. The molecule has 0 bridgehead atoms. The summed E-state index contributed by atoms with van der Waals surface area (Å²) in [6, 6.07) is 0.757. The first-order chi connectivity index (χ1) is 8.75. The fourth-order valence-electron chi connectivity index (χ4n) is 2.28. The highest BCUT2D eigenvalue weighted by Gasteiger charge is 2.25. The molecule has 2 fully saturated rings. The molecule has 1 aliphatic heterocycles. The first kappa shape index (κ1) is 13.8. The standard InChI is InChI=1S/C13H25N3O2/c1-16(11-2-3-11)9-8-15-13(17)10-18-12-4-6-14-7-5-12/h11-12,14H,2-10H2,1H3,(H,15,17). The molecule has 1 heterocycles. The third kappa shape index (κ3) is 4.92. The lowest BCUT2D eigenvalue weighted by atomic mass is 10.1. The average molecular weight is 255 g/mol. The molecule has 0 atom stereocenters. The fraction of sp³-hybridized carbons (Fsp3) is 0.923. The minimum absolute atomic E-state index is 0.0118. The van der Waals surface area contributed by atoms with Gasteiger partial charge in [0.05, 0.1) is 6.10 Å². The van der Waals surface area contributed by atoms with Gasteiger partial charge in [0.2, 0.25) is 5.91 Å². The van der Waals surface area contributed by atoms with Crippen LogP contribution in [0.15, 0.2) is 0 Å². The minimum atomic E-state index is 0.0118. The number of nitrogens with zero attached hydrogens (tertiary/aromatic N) is 1. The van der Waals surface area contributed by atoms with Crippen molar-refractivity contribution >= 4 is 5.91 Å². The monoisotopic (exact) mass is 255 g/mol. The predicted molar refractivity (Wildman–Crippen MR) is 70.5 cm³/mol. The summed E-state index contributed by atoms with van der Waals surface area (Å²) in [5.41, 5.74) is 0. The molecule has 1 saturated carbocycles. The van der Waals surface area contributed by atoms with Crippen molar-refractivity contribution in [2.45, 2.75) is 37.8 Å². The zero-order valence-electron chi connectivity index (χ0n) is 11.3. The van der Waals surface area contributed by atoms with Gasteiger partial charge in [-0.25, -0.2) is 0 Å². The van der Waals surface area contributed by atoms with E-state index in [0.717, 1.165) is 45.1 Å². The lowest BCUT2D eigenvalue weighted by Gasteiger charge is -2.22. The third-order valence-electron chi connectivity index (χ3n) is 3.69. The minimum Gasteiger partial charge on any atom is -0.368 e. The fourth-order valence-corrected chi connectivity index (χ4v) is 2.28. The van der Waals surface area contributed by atoms with Crippen molar-refractivity contribution < 1.29 is 9.53 Å². The van der Waals surface area contributed by atoms with Crippen molar-refractivity contribution in [3.05, 3.63) is 0 Å². The highest BCUT2D eigenvalue weighted by molar-refractivity contribution is 5.77. The second kappa shape index (κ2) is 7.07. The van der Waals surface area contributed by atoms with E-state index in [2.05, 4.69) is 22.6 Å². The maximum Gasteiger partial charge on any atom is 0.246 e. The van der Waals surface area contributed by atoms with E-state index in [0.29, 0.717) is 0 Å². The Hall–Kier alpha value is -0.650. The van der Waals surface area contributed by atoms with Crippen molar-refractivity contribution in [1.29, 1.82) is 0 Å². The average Bonchev–Trinajstić information content (AvgIpc) is 3.22. The summed E-state index contributed by atoms with van der Waals surface area (Å²) in [7, 11) is 2.12. The maximum atomic E-state index is 11.6. The number of piperidine rings is 1. The van der Waals surface area contributed by atoms with Gasteiger partial charge in [-0.05, 0) is 45.8 Å². The summed E-state index contributed by atoms with van der Waals surface area (Å²) in [4.78, 5) is 13.9. The molecule has 5 heteroatoms. The number of rotatable bonds is 7. The van der Waals surface area contributed by atoms with Gasteiger partial charge in [0.1, 0.15) is 6.61 Å². The Morgan fingerprint density at radius 2 is 2.06 bits per heavy atom. The van der Waals surface area contributed by atoms with Crippen LogP contribution >= 0.6 is 0 Å². The number of nitrogens with one attached hydrogen (secondary N) is 2. The van der Waals surface area contributed by atoms with Crippen molar-refractivity contribution in [1.82, 2.24) is 15.5 Å². The van der Waals surface area contributed by atoms with E-state index in [9.17, 15) is 4.79 Å². The van der Waals surface area contributed by atoms with Crippen molar-refractivity contribution in [3.8, 4) is 0 Å². The Kier molecular flexibility index (Phi) is 5.41. The lowest BCUT2D eigenvalue weighted by Crippen LogP contribution is -2.38. The quantitative estimate of drug-likeness (QED) is 0.670. The van der Waals surface area contributed by atoms with Gasteiger partial charge in [-0.1, -0.05) is 0 Å². The number of amides is 1. The maximum absolute atomic E-state index is 11.6. The van der Waals surface area contributed by atoms with Crippen LogP contribution in [-0.2, 0) is 9.53 Å². The molecule has 2 N–H and O–H groups in total. The van der Waals surface area contributed by atoms with Gasteiger partial charge >= 0.3 is 0 Å². The lowest BCUT2D eigenvalue weighted by molar-refractivity contribution is -0.128. The molecule has 1 aliphatic carbocycles. The number of hydrogen-bond donors (Lipinski definition) is 2. The van der Waals surface area contributed by atoms with Gasteiger partial charge in [-0.3, -0.25) is 4.79 Å². The van der Waals surface area contributed by atoms with Crippen LogP contribution in [0, 0.1) is 0 Å². The molecule has 0 aromatic carbocycles. The zero-order valence-corrected chi connectivity index (χ0v) is 11.3. The van der Waals surface area contributed by atoms with Crippen molar-refractivity contribution in [3.63, 3.8) is 0 Å². The van der Waals surface area contributed by atoms with Gasteiger partial charge in [0, 0.05) is 19.1 Å². The topological polar surface area (TPSA) is 53.6 Å². The number of ether oxygens (including phenoxy) is 1. The largest absolute Gasteiger partial charge is 0.368 e. The van der Waals surface area contributed by atoms with E-state index >= 15 is 0 Å². The highest BCUT2D eigenvalue weighted by Crippen LogP contribution is 2.24. The van der Waals surface area contributed by atoms with E-state index in [4.69, 9.17) is 4.74 Å². The van der Waals surface area contributed by atoms with Gasteiger partial charge in [-0.2, -0.15) is 0 Å². The Labute approximate surface area is 109 Å². The molecule has 0 aromatic rings. The molecule has 104 valence electrons. The second-order valence-electron chi connectivity index (χ2n) is 5.32. The molecule has 18 heavy (non-hydrogen) atoms. The van der Waals surface area contributed by atoms with Gasteiger partial charge < -0.3 is 20.3 Å². The summed E-state index contributed by atoms with van der Waals surface area (Å²) < 4.78 is 5.60. The molecule has 1 amide bonds. The van der Waals surface area contributed by atoms with Crippen LogP contribution in [0.25, 0.3) is 0 Å². The zero-order chi connectivity index (χ0) is 12.8. The van der Waals surface area contributed by atoms with E-state index < -0.39 is 0 Å². The Morgan fingerprint density at radius 3 is 2.72 bits per heavy atom. The highest BCUT2D eigenvalue weighted by atomic mass is 16.5. The summed E-state index contributed by atoms with van der Waals surface area (Å²) in [6.45, 7) is 3.86. The van der Waals surface area contributed by atoms with Crippen molar-refractivity contribution in [2.24, 2.45) is 0 Å². The predicted octanol–water partition coefficient (Wildman–Crippen LogP) is -0.0346. The van der Waals surface area contributed by atoms with Crippen LogP contribution < -0.4 is 10.6 Å². The number of hydrogen-bond acceptors (Lipinski definition) is 4. The van der Waals surface area contributed by atoms with E-state index in [1.165, 1.54) is 12.8 Å². The molecular weight excluding hydrogens is 230 g/mol. The molecule has 0 radical (unpaired) electrons. The Bertz CT molecular complexity index is 263. The number of likely N-dealkylation sites (N-methyl/N-ethyl adjacent to an activating group) is 1. The van der Waals surface area contributed by atoms with Gasteiger partial charge in [0.15, 0.2) is 0 Å². The molecule has 0 spiro atoms. The van der Waals surface area contributed by atoms with Crippen LogP contribution in [-0.4, -0.2) is 62.8 Å². The summed E-state index contributed by atoms with van der Waals surface area (Å²) >= 11 is 0. The summed E-state index contributed by atoms with van der Waals surface area (Å²) in [6.07, 6.45) is 4.90. The van der Waals surface area contributed by atoms with Crippen LogP contribution in [0.1, 0.15) is 25.7 Å². The SMILES string of the molecule is CN(CCNC(=O)COC1CCNCC1)C1CC1. The third-order valence-corrected chi connectivity index (χ3v) is 3.69. The molecule has 2 aliphatic rings. The van der Waals surface area contributed by atoms with Gasteiger partial charge in [-0.15, -0.1) is 0 Å². The Balaban J connectivity index is 1.48. The molecule has 0 unspecified atom stereocenters. The molecule has 5 nitrogen and oxygen atoms in total. The van der Waals surface area contributed by atoms with Crippen molar-refractivity contribution in [2.75, 3.05) is 39.8 Å². The van der Waals surface area contributed by atoms with E-state index in [1.54, 1.807) is 0 Å². The Morgan fingerprint density at radius 1 is 1.33 bits per heavy atom. The first-order valence-corrected chi connectivity index (χ1v) is 7.05. The van der Waals surface area contributed by atoms with E-state index in [-0.39, 0.29) is 18.6 Å². The van der Waals surface area contributed by atoms with Crippen LogP contribution in [0.4, 0.5) is 0 Å². The summed E-state index contributed by atoms with van der Waals surface area (Å²) in [5.74, 6) is 0.0118. The second-order valence-corrected chi connectivity index (χ2v) is 5.32. The number of carbonyl (C=O) groups is 1. The van der Waals surface area contributed by atoms with Crippen LogP contribution in [0.3, 0.4) is 0 Å². The van der Waals surface area contributed by atoms with Gasteiger partial charge in [0.25, 0.3) is 0 Å². The normalized spacial score (nSPS) is 21.2. The number of carbonyl (C=O) groups excluding carboxylic acids is 1. The smallest absolute Gasteiger partial charge is 0.246 e. The molecule has 0 aromatic heterocycles. The molecule has 2 rings (SSSR count). The van der Waals surface area contributed by atoms with Crippen LogP contribution in [0.5, 0.6) is 0 Å². The van der Waals surface area contributed by atoms with E-state index in [1.807, 2.05) is 0 Å².